The van der Waals surface area contributed by atoms with Crippen LogP contribution in [0.15, 0.2) is 12.7 Å². The van der Waals surface area contributed by atoms with Crippen molar-refractivity contribution in [1.82, 2.24) is 10.2 Å². The molecule has 0 spiro atoms. The van der Waals surface area contributed by atoms with E-state index >= 15 is 0 Å². The van der Waals surface area contributed by atoms with Crippen molar-refractivity contribution in [2.45, 2.75) is 26.7 Å². The number of carbonyl (C=O) groups excluding carboxylic acids is 1. The maximum absolute atomic E-state index is 11.6. The molecule has 1 N–H and O–H groups in total. The largest absolute Gasteiger partial charge is 0.339 e. The monoisotopic (exact) mass is 198 g/mol. The summed E-state index contributed by atoms with van der Waals surface area (Å²) in [6.07, 6.45) is 3.36. The van der Waals surface area contributed by atoms with Gasteiger partial charge in [0.05, 0.1) is 0 Å². The van der Waals surface area contributed by atoms with Gasteiger partial charge >= 0.3 is 0 Å². The van der Waals surface area contributed by atoms with E-state index in [2.05, 4.69) is 18.8 Å². The van der Waals surface area contributed by atoms with Crippen molar-refractivity contribution in [2.75, 3.05) is 26.2 Å². The first kappa shape index (κ1) is 13.2. The molecule has 0 rings (SSSR count). The van der Waals surface area contributed by atoms with Crippen LogP contribution in [0.25, 0.3) is 0 Å². The Bertz CT molecular complexity index is 169. The van der Waals surface area contributed by atoms with Crippen molar-refractivity contribution in [2.24, 2.45) is 0 Å². The van der Waals surface area contributed by atoms with Crippen LogP contribution >= 0.6 is 0 Å². The number of hydrogen-bond acceptors (Lipinski definition) is 2. The summed E-state index contributed by atoms with van der Waals surface area (Å²) in [5, 5.41) is 3.14. The average Bonchev–Trinajstić information content (AvgIpc) is 2.18. The van der Waals surface area contributed by atoms with E-state index in [0.717, 1.165) is 26.1 Å². The topological polar surface area (TPSA) is 32.3 Å². The molecule has 3 nitrogen and oxygen atoms in total. The third-order valence-corrected chi connectivity index (χ3v) is 1.96. The lowest BCUT2D eigenvalue weighted by Crippen LogP contribution is -2.34. The first-order chi connectivity index (χ1) is 6.76. The Balaban J connectivity index is 3.81. The van der Waals surface area contributed by atoms with Crippen molar-refractivity contribution >= 4 is 5.91 Å². The maximum Gasteiger partial charge on any atom is 0.224 e. The fraction of sp³-hybridized carbons (Fsp3) is 0.727. The van der Waals surface area contributed by atoms with Gasteiger partial charge in [-0.25, -0.2) is 0 Å². The molecule has 0 heterocycles. The third kappa shape index (κ3) is 5.75. The molecule has 0 fully saturated rings. The quantitative estimate of drug-likeness (QED) is 0.472. The van der Waals surface area contributed by atoms with Crippen molar-refractivity contribution < 1.29 is 4.79 Å². The van der Waals surface area contributed by atoms with Gasteiger partial charge in [-0.1, -0.05) is 19.9 Å². The lowest BCUT2D eigenvalue weighted by molar-refractivity contribution is -0.130. The van der Waals surface area contributed by atoms with Gasteiger partial charge < -0.3 is 10.2 Å². The molecule has 0 aliphatic rings. The van der Waals surface area contributed by atoms with Gasteiger partial charge in [0.1, 0.15) is 0 Å². The predicted octanol–water partition coefficient (Wildman–Crippen LogP) is 1.41. The van der Waals surface area contributed by atoms with E-state index < -0.39 is 0 Å². The summed E-state index contributed by atoms with van der Waals surface area (Å²) in [6.45, 7) is 11.0. The van der Waals surface area contributed by atoms with Crippen molar-refractivity contribution in [3.05, 3.63) is 12.7 Å². The van der Waals surface area contributed by atoms with Gasteiger partial charge in [-0.3, -0.25) is 4.79 Å². The van der Waals surface area contributed by atoms with Gasteiger partial charge in [0, 0.05) is 26.1 Å². The molecular formula is C11H22N2O. The molecule has 0 aliphatic heterocycles. The average molecular weight is 198 g/mol. The Morgan fingerprint density at radius 3 is 2.71 bits per heavy atom. The second kappa shape index (κ2) is 8.75. The Kier molecular flexibility index (Phi) is 8.24. The second-order valence-corrected chi connectivity index (χ2v) is 3.23. The summed E-state index contributed by atoms with van der Waals surface area (Å²) in [6, 6.07) is 0. The zero-order valence-corrected chi connectivity index (χ0v) is 9.38. The summed E-state index contributed by atoms with van der Waals surface area (Å²) in [5.41, 5.74) is 0. The van der Waals surface area contributed by atoms with Crippen LogP contribution in [-0.4, -0.2) is 37.0 Å². The van der Waals surface area contributed by atoms with Crippen LogP contribution in [0.5, 0.6) is 0 Å². The molecule has 1 amide bonds. The van der Waals surface area contributed by atoms with Gasteiger partial charge in [-0.2, -0.15) is 0 Å². The van der Waals surface area contributed by atoms with E-state index in [9.17, 15) is 4.79 Å². The van der Waals surface area contributed by atoms with E-state index in [4.69, 9.17) is 0 Å². The number of nitrogens with zero attached hydrogens (tertiary/aromatic N) is 1. The third-order valence-electron chi connectivity index (χ3n) is 1.96. The van der Waals surface area contributed by atoms with E-state index in [-0.39, 0.29) is 5.91 Å². The van der Waals surface area contributed by atoms with Crippen molar-refractivity contribution in [3.8, 4) is 0 Å². The molecule has 0 saturated heterocycles. The highest BCUT2D eigenvalue weighted by atomic mass is 16.2. The SMILES string of the molecule is C=CCN(CCC)C(=O)CCNCC. The minimum Gasteiger partial charge on any atom is -0.339 e. The summed E-state index contributed by atoms with van der Waals surface area (Å²) < 4.78 is 0. The minimum absolute atomic E-state index is 0.215. The number of amides is 1. The number of nitrogens with one attached hydrogen (secondary N) is 1. The first-order valence-corrected chi connectivity index (χ1v) is 5.35. The highest BCUT2D eigenvalue weighted by molar-refractivity contribution is 5.76. The molecule has 0 aromatic heterocycles. The van der Waals surface area contributed by atoms with Crippen molar-refractivity contribution in [3.63, 3.8) is 0 Å². The first-order valence-electron chi connectivity index (χ1n) is 5.35. The van der Waals surface area contributed by atoms with E-state index in [0.29, 0.717) is 13.0 Å². The van der Waals surface area contributed by atoms with Gasteiger partial charge in [0.2, 0.25) is 5.91 Å². The van der Waals surface area contributed by atoms with Gasteiger partial charge in [0.15, 0.2) is 0 Å². The van der Waals surface area contributed by atoms with Crippen LogP contribution in [0.1, 0.15) is 26.7 Å². The maximum atomic E-state index is 11.6. The molecular weight excluding hydrogens is 176 g/mol. The molecule has 0 aromatic carbocycles. The van der Waals surface area contributed by atoms with Crippen LogP contribution in [0.3, 0.4) is 0 Å². The van der Waals surface area contributed by atoms with Gasteiger partial charge in [0.25, 0.3) is 0 Å². The van der Waals surface area contributed by atoms with Crippen molar-refractivity contribution in [1.29, 1.82) is 0 Å². The predicted molar refractivity (Wildman–Crippen MR) is 60.2 cm³/mol. The van der Waals surface area contributed by atoms with Crippen LogP contribution in [0.2, 0.25) is 0 Å². The standard InChI is InChI=1S/C11H22N2O/c1-4-9-13(10-5-2)11(14)7-8-12-6-3/h4,12H,1,5-10H2,2-3H3. The fourth-order valence-corrected chi connectivity index (χ4v) is 1.27. The Morgan fingerprint density at radius 2 is 2.21 bits per heavy atom. The molecule has 14 heavy (non-hydrogen) atoms. The van der Waals surface area contributed by atoms with E-state index in [1.165, 1.54) is 0 Å². The minimum atomic E-state index is 0.215. The smallest absolute Gasteiger partial charge is 0.224 e. The summed E-state index contributed by atoms with van der Waals surface area (Å²) in [7, 11) is 0. The molecule has 0 radical (unpaired) electrons. The molecule has 82 valence electrons. The van der Waals surface area contributed by atoms with E-state index in [1.54, 1.807) is 6.08 Å². The molecule has 0 atom stereocenters. The summed E-state index contributed by atoms with van der Waals surface area (Å²) in [5.74, 6) is 0.215. The Hall–Kier alpha value is -0.830. The van der Waals surface area contributed by atoms with Gasteiger partial charge in [-0.15, -0.1) is 6.58 Å². The van der Waals surface area contributed by atoms with Crippen LogP contribution in [-0.2, 0) is 4.79 Å². The Labute approximate surface area is 87.2 Å². The summed E-state index contributed by atoms with van der Waals surface area (Å²) >= 11 is 0. The molecule has 0 aliphatic carbocycles. The molecule has 3 heteroatoms. The summed E-state index contributed by atoms with van der Waals surface area (Å²) in [4.78, 5) is 13.5. The van der Waals surface area contributed by atoms with E-state index in [1.807, 2.05) is 11.8 Å². The Morgan fingerprint density at radius 1 is 1.50 bits per heavy atom. The zero-order chi connectivity index (χ0) is 10.8. The van der Waals surface area contributed by atoms with Crippen LogP contribution < -0.4 is 5.32 Å². The number of carbonyl (C=O) groups is 1. The van der Waals surface area contributed by atoms with Crippen LogP contribution in [0, 0.1) is 0 Å². The fourth-order valence-electron chi connectivity index (χ4n) is 1.27. The number of rotatable bonds is 8. The van der Waals surface area contributed by atoms with Gasteiger partial charge in [-0.05, 0) is 13.0 Å². The zero-order valence-electron chi connectivity index (χ0n) is 9.38. The highest BCUT2D eigenvalue weighted by Gasteiger charge is 2.09. The molecule has 0 unspecified atom stereocenters. The second-order valence-electron chi connectivity index (χ2n) is 3.23. The van der Waals surface area contributed by atoms with Crippen LogP contribution in [0.4, 0.5) is 0 Å². The number of hydrogen-bond donors (Lipinski definition) is 1. The molecule has 0 bridgehead atoms. The highest BCUT2D eigenvalue weighted by Crippen LogP contribution is 1.96. The lowest BCUT2D eigenvalue weighted by Gasteiger charge is -2.20. The molecule has 0 saturated carbocycles. The molecule has 0 aromatic rings. The lowest BCUT2D eigenvalue weighted by atomic mass is 10.3. The normalized spacial score (nSPS) is 9.86.